The van der Waals surface area contributed by atoms with E-state index in [1.54, 1.807) is 0 Å². The molecule has 1 amide bonds. The second-order valence-corrected chi connectivity index (χ2v) is 5.62. The van der Waals surface area contributed by atoms with Crippen molar-refractivity contribution in [2.75, 3.05) is 11.9 Å². The number of ether oxygens (including phenoxy) is 1. The molecule has 5 nitrogen and oxygen atoms in total. The molecule has 0 radical (unpaired) electrons. The minimum absolute atomic E-state index is 0.0629. The number of rotatable bonds is 4. The van der Waals surface area contributed by atoms with Gasteiger partial charge in [-0.3, -0.25) is 10.1 Å². The lowest BCUT2D eigenvalue weighted by Gasteiger charge is -2.08. The minimum Gasteiger partial charge on any atom is -0.483 e. The number of nitrogens with one attached hydrogen (secondary N) is 1. The van der Waals surface area contributed by atoms with Crippen molar-refractivity contribution in [2.45, 2.75) is 6.92 Å². The summed E-state index contributed by atoms with van der Waals surface area (Å²) in [6.45, 7) is 1.77. The molecule has 0 bridgehead atoms. The lowest BCUT2D eigenvalue weighted by molar-refractivity contribution is -0.118. The molecule has 2 aromatic carbocycles. The van der Waals surface area contributed by atoms with Crippen molar-refractivity contribution < 1.29 is 9.53 Å². The molecule has 6 heteroatoms. The summed E-state index contributed by atoms with van der Waals surface area (Å²) in [6.07, 6.45) is 0. The summed E-state index contributed by atoms with van der Waals surface area (Å²) in [4.78, 5) is 11.8. The zero-order valence-corrected chi connectivity index (χ0v) is 12.2. The summed E-state index contributed by atoms with van der Waals surface area (Å²) in [5, 5.41) is 13.7. The van der Waals surface area contributed by atoms with E-state index in [0.29, 0.717) is 10.9 Å². The zero-order chi connectivity index (χ0) is 14.7. The second kappa shape index (κ2) is 5.88. The van der Waals surface area contributed by atoms with Gasteiger partial charge in [-0.1, -0.05) is 47.7 Å². The van der Waals surface area contributed by atoms with Crippen LogP contribution in [0, 0.1) is 6.92 Å². The predicted molar refractivity (Wildman–Crippen MR) is 82.7 cm³/mol. The lowest BCUT2D eigenvalue weighted by Crippen LogP contribution is -2.20. The van der Waals surface area contributed by atoms with Crippen molar-refractivity contribution in [1.29, 1.82) is 0 Å². The number of anilines is 1. The van der Waals surface area contributed by atoms with E-state index in [2.05, 4.69) is 15.5 Å². The highest BCUT2D eigenvalue weighted by molar-refractivity contribution is 7.15. The maximum Gasteiger partial charge on any atom is 0.264 e. The summed E-state index contributed by atoms with van der Waals surface area (Å²) in [7, 11) is 0. The summed E-state index contributed by atoms with van der Waals surface area (Å²) >= 11 is 1.33. The Hall–Kier alpha value is -2.47. The van der Waals surface area contributed by atoms with Gasteiger partial charge in [0.15, 0.2) is 6.61 Å². The molecule has 3 aromatic rings. The number of hydrogen-bond acceptors (Lipinski definition) is 5. The van der Waals surface area contributed by atoms with Crippen LogP contribution in [0.5, 0.6) is 5.75 Å². The Morgan fingerprint density at radius 2 is 2.00 bits per heavy atom. The van der Waals surface area contributed by atoms with Crippen LogP contribution in [0.2, 0.25) is 0 Å². The molecule has 0 saturated carbocycles. The third-order valence-electron chi connectivity index (χ3n) is 2.88. The molecule has 0 aliphatic carbocycles. The summed E-state index contributed by atoms with van der Waals surface area (Å²) in [5.41, 5.74) is 0. The summed E-state index contributed by atoms with van der Waals surface area (Å²) in [5.74, 6) is 0.441. The largest absolute Gasteiger partial charge is 0.483 e. The number of benzene rings is 2. The van der Waals surface area contributed by atoms with E-state index in [0.717, 1.165) is 15.8 Å². The van der Waals surface area contributed by atoms with Crippen molar-refractivity contribution in [2.24, 2.45) is 0 Å². The van der Waals surface area contributed by atoms with Crippen LogP contribution in [0.3, 0.4) is 0 Å². The van der Waals surface area contributed by atoms with Gasteiger partial charge in [0, 0.05) is 5.39 Å². The zero-order valence-electron chi connectivity index (χ0n) is 11.4. The molecule has 0 atom stereocenters. The van der Waals surface area contributed by atoms with Crippen LogP contribution in [0.1, 0.15) is 5.01 Å². The average Bonchev–Trinajstić information content (AvgIpc) is 2.90. The standard InChI is InChI=1S/C15H13N3O2S/c1-10-17-18-15(21-10)16-14(19)9-20-13-8-4-6-11-5-2-3-7-12(11)13/h2-8H,9H2,1H3,(H,16,18,19). The van der Waals surface area contributed by atoms with Crippen molar-refractivity contribution >= 4 is 33.1 Å². The predicted octanol–water partition coefficient (Wildman–Crippen LogP) is 3.02. The first-order valence-corrected chi connectivity index (χ1v) is 7.24. The molecule has 1 aromatic heterocycles. The molecule has 21 heavy (non-hydrogen) atoms. The second-order valence-electron chi connectivity index (χ2n) is 4.44. The SMILES string of the molecule is Cc1nnc(NC(=O)COc2cccc3ccccc23)s1. The van der Waals surface area contributed by atoms with Gasteiger partial charge >= 0.3 is 0 Å². The van der Waals surface area contributed by atoms with Gasteiger partial charge in [0.1, 0.15) is 10.8 Å². The van der Waals surface area contributed by atoms with Crippen molar-refractivity contribution in [3.05, 3.63) is 47.5 Å². The Morgan fingerprint density at radius 1 is 1.19 bits per heavy atom. The van der Waals surface area contributed by atoms with E-state index in [1.165, 1.54) is 11.3 Å². The van der Waals surface area contributed by atoms with Gasteiger partial charge in [-0.15, -0.1) is 10.2 Å². The molecule has 0 unspecified atom stereocenters. The maximum absolute atomic E-state index is 11.8. The van der Waals surface area contributed by atoms with E-state index >= 15 is 0 Å². The van der Waals surface area contributed by atoms with Gasteiger partial charge in [0.2, 0.25) is 5.13 Å². The Labute approximate surface area is 125 Å². The van der Waals surface area contributed by atoms with Crippen LogP contribution in [-0.2, 0) is 4.79 Å². The van der Waals surface area contributed by atoms with Crippen LogP contribution in [0.15, 0.2) is 42.5 Å². The van der Waals surface area contributed by atoms with Gasteiger partial charge in [0.05, 0.1) is 0 Å². The smallest absolute Gasteiger partial charge is 0.264 e. The molecule has 0 fully saturated rings. The first-order valence-electron chi connectivity index (χ1n) is 6.43. The van der Waals surface area contributed by atoms with Gasteiger partial charge in [-0.2, -0.15) is 0 Å². The van der Waals surface area contributed by atoms with Crippen molar-refractivity contribution in [3.8, 4) is 5.75 Å². The summed E-state index contributed by atoms with van der Waals surface area (Å²) < 4.78 is 5.60. The molecule has 3 rings (SSSR count). The fourth-order valence-corrected chi connectivity index (χ4v) is 2.58. The molecule has 0 spiro atoms. The number of aromatic nitrogens is 2. The van der Waals surface area contributed by atoms with E-state index in [1.807, 2.05) is 49.4 Å². The van der Waals surface area contributed by atoms with Crippen LogP contribution in [0.4, 0.5) is 5.13 Å². The summed E-state index contributed by atoms with van der Waals surface area (Å²) in [6, 6.07) is 13.7. The van der Waals surface area contributed by atoms with E-state index in [4.69, 9.17) is 4.74 Å². The lowest BCUT2D eigenvalue weighted by atomic mass is 10.1. The highest BCUT2D eigenvalue weighted by Crippen LogP contribution is 2.25. The van der Waals surface area contributed by atoms with Gasteiger partial charge in [-0.05, 0) is 18.4 Å². The van der Waals surface area contributed by atoms with E-state index < -0.39 is 0 Å². The number of aryl methyl sites for hydroxylation is 1. The Bertz CT molecular complexity index is 780. The van der Waals surface area contributed by atoms with Crippen LogP contribution in [0.25, 0.3) is 10.8 Å². The minimum atomic E-state index is -0.251. The van der Waals surface area contributed by atoms with Gasteiger partial charge in [0.25, 0.3) is 5.91 Å². The van der Waals surface area contributed by atoms with Gasteiger partial charge in [-0.25, -0.2) is 0 Å². The molecule has 1 N–H and O–H groups in total. The number of nitrogens with zero attached hydrogens (tertiary/aromatic N) is 2. The Morgan fingerprint density at radius 3 is 2.81 bits per heavy atom. The van der Waals surface area contributed by atoms with E-state index in [-0.39, 0.29) is 12.5 Å². The Balaban J connectivity index is 1.67. The molecule has 106 valence electrons. The van der Waals surface area contributed by atoms with Crippen LogP contribution >= 0.6 is 11.3 Å². The van der Waals surface area contributed by atoms with Crippen molar-refractivity contribution in [3.63, 3.8) is 0 Å². The quantitative estimate of drug-likeness (QED) is 0.804. The molecule has 0 aliphatic rings. The monoisotopic (exact) mass is 299 g/mol. The fourth-order valence-electron chi connectivity index (χ4n) is 1.97. The third kappa shape index (κ3) is 3.17. The highest BCUT2D eigenvalue weighted by Gasteiger charge is 2.08. The van der Waals surface area contributed by atoms with Crippen LogP contribution in [-0.4, -0.2) is 22.7 Å². The number of carbonyl (C=O) groups is 1. The van der Waals surface area contributed by atoms with Crippen molar-refractivity contribution in [1.82, 2.24) is 10.2 Å². The topological polar surface area (TPSA) is 64.1 Å². The molecule has 0 aliphatic heterocycles. The number of carbonyl (C=O) groups excluding carboxylic acids is 1. The highest BCUT2D eigenvalue weighted by atomic mass is 32.1. The normalized spacial score (nSPS) is 10.5. The number of hydrogen-bond donors (Lipinski definition) is 1. The average molecular weight is 299 g/mol. The molecular formula is C15H13N3O2S. The van der Waals surface area contributed by atoms with E-state index in [9.17, 15) is 4.79 Å². The third-order valence-corrected chi connectivity index (χ3v) is 3.63. The molecule has 0 saturated heterocycles. The van der Waals surface area contributed by atoms with Crippen LogP contribution < -0.4 is 10.1 Å². The molecule has 1 heterocycles. The number of amides is 1. The first-order chi connectivity index (χ1) is 10.2. The Kier molecular flexibility index (Phi) is 3.79. The maximum atomic E-state index is 11.8. The van der Waals surface area contributed by atoms with Gasteiger partial charge < -0.3 is 4.74 Å². The molecular weight excluding hydrogens is 286 g/mol. The fraction of sp³-hybridized carbons (Fsp3) is 0.133. The number of fused-ring (bicyclic) bond motifs is 1. The first kappa shape index (κ1) is 13.5.